The van der Waals surface area contributed by atoms with Gasteiger partial charge in [0, 0.05) is 41.5 Å². The third kappa shape index (κ3) is 5.12. The number of piperidine rings is 1. The molecule has 0 atom stereocenters. The number of anilines is 2. The lowest BCUT2D eigenvalue weighted by Gasteiger charge is -2.32. The van der Waals surface area contributed by atoms with E-state index in [2.05, 4.69) is 27.3 Å². The molecule has 1 saturated carbocycles. The van der Waals surface area contributed by atoms with Crippen LogP contribution < -0.4 is 10.2 Å². The van der Waals surface area contributed by atoms with Crippen LogP contribution in [0.25, 0.3) is 10.9 Å². The Bertz CT molecular complexity index is 1150. The van der Waals surface area contributed by atoms with Gasteiger partial charge in [0.2, 0.25) is 12.3 Å². The van der Waals surface area contributed by atoms with Gasteiger partial charge in [0.25, 0.3) is 0 Å². The second-order valence-electron chi connectivity index (χ2n) is 9.57. The van der Waals surface area contributed by atoms with E-state index in [1.54, 1.807) is 11.1 Å². The molecule has 1 saturated heterocycles. The molecule has 5 rings (SSSR count). The number of carbonyl (C=O) groups is 2. The highest BCUT2D eigenvalue weighted by Crippen LogP contribution is 2.28. The van der Waals surface area contributed by atoms with Gasteiger partial charge in [0.15, 0.2) is 0 Å². The number of hydrogen-bond acceptors (Lipinski definition) is 4. The van der Waals surface area contributed by atoms with Gasteiger partial charge in [-0.2, -0.15) is 0 Å². The Kier molecular flexibility index (Phi) is 6.86. The van der Waals surface area contributed by atoms with Crippen molar-refractivity contribution < 1.29 is 9.59 Å². The summed E-state index contributed by atoms with van der Waals surface area (Å²) < 4.78 is 0. The minimum atomic E-state index is 0.135. The highest BCUT2D eigenvalue weighted by Gasteiger charge is 2.27. The van der Waals surface area contributed by atoms with E-state index in [9.17, 15) is 9.59 Å². The lowest BCUT2D eigenvalue weighted by atomic mass is 9.95. The lowest BCUT2D eigenvalue weighted by Crippen LogP contribution is -2.43. The molecule has 0 spiro atoms. The fourth-order valence-electron chi connectivity index (χ4n) is 5.29. The van der Waals surface area contributed by atoms with Gasteiger partial charge in [0.1, 0.15) is 0 Å². The Labute approximate surface area is 201 Å². The number of likely N-dealkylation sites (tertiary alicyclic amines) is 1. The molecule has 1 aliphatic carbocycles. The van der Waals surface area contributed by atoms with Gasteiger partial charge >= 0.3 is 0 Å². The van der Waals surface area contributed by atoms with Gasteiger partial charge in [-0.1, -0.05) is 31.0 Å². The molecule has 0 radical (unpaired) electrons. The van der Waals surface area contributed by atoms with E-state index in [1.165, 1.54) is 18.4 Å². The summed E-state index contributed by atoms with van der Waals surface area (Å²) in [5.41, 5.74) is 3.75. The van der Waals surface area contributed by atoms with Crippen LogP contribution in [-0.2, 0) is 16.1 Å². The van der Waals surface area contributed by atoms with Crippen LogP contribution >= 0.6 is 0 Å². The molecule has 6 nitrogen and oxygen atoms in total. The molecule has 176 valence electrons. The normalized spacial score (nSPS) is 17.6. The fraction of sp³-hybridized carbons (Fsp3) is 0.393. The summed E-state index contributed by atoms with van der Waals surface area (Å²) in [6.07, 6.45) is 9.19. The first-order valence-electron chi connectivity index (χ1n) is 12.4. The molecule has 2 aliphatic rings. The first-order valence-corrected chi connectivity index (χ1v) is 12.4. The Morgan fingerprint density at radius 3 is 2.59 bits per heavy atom. The maximum absolute atomic E-state index is 12.6. The zero-order valence-corrected chi connectivity index (χ0v) is 19.5. The van der Waals surface area contributed by atoms with Crippen molar-refractivity contribution in [1.82, 2.24) is 15.2 Å². The van der Waals surface area contributed by atoms with Crippen molar-refractivity contribution in [2.45, 2.75) is 51.1 Å². The van der Waals surface area contributed by atoms with E-state index in [0.29, 0.717) is 6.04 Å². The molecule has 0 unspecified atom stereocenters. The quantitative estimate of drug-likeness (QED) is 0.519. The van der Waals surface area contributed by atoms with Crippen molar-refractivity contribution in [3.8, 4) is 0 Å². The third-order valence-corrected chi connectivity index (χ3v) is 7.23. The maximum atomic E-state index is 12.6. The number of nitrogens with one attached hydrogen (secondary N) is 1. The van der Waals surface area contributed by atoms with Crippen molar-refractivity contribution in [2.75, 3.05) is 18.0 Å². The Hall–Kier alpha value is -3.25. The van der Waals surface area contributed by atoms with E-state index in [1.807, 2.05) is 42.5 Å². The van der Waals surface area contributed by atoms with Crippen LogP contribution in [0.5, 0.6) is 0 Å². The third-order valence-electron chi connectivity index (χ3n) is 7.23. The molecule has 1 aromatic heterocycles. The van der Waals surface area contributed by atoms with Crippen molar-refractivity contribution in [3.05, 3.63) is 66.4 Å². The van der Waals surface area contributed by atoms with Crippen molar-refractivity contribution >= 4 is 34.6 Å². The van der Waals surface area contributed by atoms with Gasteiger partial charge in [-0.3, -0.25) is 24.4 Å². The summed E-state index contributed by atoms with van der Waals surface area (Å²) >= 11 is 0. The Morgan fingerprint density at radius 1 is 1.00 bits per heavy atom. The van der Waals surface area contributed by atoms with Crippen LogP contribution in [0.1, 0.15) is 44.1 Å². The molecule has 2 amide bonds. The fourth-order valence-corrected chi connectivity index (χ4v) is 5.29. The van der Waals surface area contributed by atoms with Crippen molar-refractivity contribution in [2.24, 2.45) is 5.92 Å². The van der Waals surface area contributed by atoms with E-state index in [0.717, 1.165) is 74.0 Å². The van der Waals surface area contributed by atoms with E-state index < -0.39 is 0 Å². The van der Waals surface area contributed by atoms with Crippen LogP contribution in [0.4, 0.5) is 11.4 Å². The van der Waals surface area contributed by atoms with E-state index in [-0.39, 0.29) is 11.8 Å². The molecule has 1 aliphatic heterocycles. The summed E-state index contributed by atoms with van der Waals surface area (Å²) in [5, 5.41) is 4.27. The number of fused-ring (bicyclic) bond motifs is 1. The highest BCUT2D eigenvalue weighted by atomic mass is 16.2. The van der Waals surface area contributed by atoms with E-state index >= 15 is 0 Å². The zero-order chi connectivity index (χ0) is 23.3. The van der Waals surface area contributed by atoms with Gasteiger partial charge in [-0.25, -0.2) is 0 Å². The molecular weight excluding hydrogens is 424 g/mol. The number of hydrogen-bond donors (Lipinski definition) is 1. The minimum Gasteiger partial charge on any atom is -0.353 e. The standard InChI is InChI=1S/C28H32N4O2/c33-20-32(26-10-11-27-23(18-26)6-4-14-29-27)25-9-3-5-21(17-25)19-31-15-12-22(13-16-31)28(34)30-24-7-1-2-8-24/h3-6,9-11,14,17-18,20,22,24H,1-2,7-8,12-13,15-16,19H2,(H,30,34). The van der Waals surface area contributed by atoms with E-state index in [4.69, 9.17) is 0 Å². The number of pyridine rings is 1. The number of nitrogens with zero attached hydrogens (tertiary/aromatic N) is 3. The zero-order valence-electron chi connectivity index (χ0n) is 19.5. The van der Waals surface area contributed by atoms with Gasteiger partial charge < -0.3 is 5.32 Å². The van der Waals surface area contributed by atoms with Crippen LogP contribution in [-0.4, -0.2) is 41.3 Å². The second-order valence-corrected chi connectivity index (χ2v) is 9.57. The number of amides is 2. The number of benzene rings is 2. The topological polar surface area (TPSA) is 65.5 Å². The first-order chi connectivity index (χ1) is 16.7. The van der Waals surface area contributed by atoms with Crippen LogP contribution in [0.15, 0.2) is 60.8 Å². The molecule has 3 aromatic rings. The van der Waals surface area contributed by atoms with Crippen molar-refractivity contribution in [1.29, 1.82) is 0 Å². The number of carbonyl (C=O) groups excluding carboxylic acids is 2. The first kappa shape index (κ1) is 22.5. The number of aromatic nitrogens is 1. The molecule has 34 heavy (non-hydrogen) atoms. The van der Waals surface area contributed by atoms with Gasteiger partial charge in [0.05, 0.1) is 5.52 Å². The molecule has 2 heterocycles. The molecule has 2 fully saturated rings. The second kappa shape index (κ2) is 10.3. The van der Waals surface area contributed by atoms with Crippen LogP contribution in [0.2, 0.25) is 0 Å². The SMILES string of the molecule is O=CN(c1cccc(CN2CCC(C(=O)NC3CCCC3)CC2)c1)c1ccc2ncccc2c1. The summed E-state index contributed by atoms with van der Waals surface area (Å²) in [6.45, 7) is 2.66. The lowest BCUT2D eigenvalue weighted by molar-refractivity contribution is -0.127. The summed E-state index contributed by atoms with van der Waals surface area (Å²) in [7, 11) is 0. The minimum absolute atomic E-state index is 0.135. The highest BCUT2D eigenvalue weighted by molar-refractivity contribution is 5.91. The average Bonchev–Trinajstić information content (AvgIpc) is 3.38. The predicted molar refractivity (Wildman–Crippen MR) is 135 cm³/mol. The largest absolute Gasteiger partial charge is 0.353 e. The van der Waals surface area contributed by atoms with Crippen LogP contribution in [0, 0.1) is 5.92 Å². The predicted octanol–water partition coefficient (Wildman–Crippen LogP) is 4.80. The van der Waals surface area contributed by atoms with Gasteiger partial charge in [-0.15, -0.1) is 0 Å². The monoisotopic (exact) mass is 456 g/mol. The molecule has 6 heteroatoms. The molecule has 1 N–H and O–H groups in total. The maximum Gasteiger partial charge on any atom is 0.223 e. The van der Waals surface area contributed by atoms with Gasteiger partial charge in [-0.05, 0) is 80.7 Å². The summed E-state index contributed by atoms with van der Waals surface area (Å²) in [6, 6.07) is 18.3. The smallest absolute Gasteiger partial charge is 0.223 e. The Morgan fingerprint density at radius 2 is 1.79 bits per heavy atom. The average molecular weight is 457 g/mol. The van der Waals surface area contributed by atoms with Crippen molar-refractivity contribution in [3.63, 3.8) is 0 Å². The summed E-state index contributed by atoms with van der Waals surface area (Å²) in [4.78, 5) is 33.1. The summed E-state index contributed by atoms with van der Waals surface area (Å²) in [5.74, 6) is 0.386. The molecule has 0 bridgehead atoms. The molecule has 2 aromatic carbocycles. The van der Waals surface area contributed by atoms with Crippen LogP contribution in [0.3, 0.4) is 0 Å². The Balaban J connectivity index is 1.21. The number of rotatable bonds is 7. The molecular formula is C28H32N4O2.